The Kier molecular flexibility index (Phi) is 5.14. The van der Waals surface area contributed by atoms with Crippen molar-refractivity contribution in [2.75, 3.05) is 32.8 Å². The molecule has 6 heteroatoms. The van der Waals surface area contributed by atoms with E-state index in [0.29, 0.717) is 12.5 Å². The summed E-state index contributed by atoms with van der Waals surface area (Å²) in [6, 6.07) is 10.6. The van der Waals surface area contributed by atoms with Crippen LogP contribution in [0.3, 0.4) is 0 Å². The molecule has 6 nitrogen and oxygen atoms in total. The third-order valence-electron chi connectivity index (χ3n) is 6.96. The summed E-state index contributed by atoms with van der Waals surface area (Å²) < 4.78 is 7.80. The molecule has 29 heavy (non-hydrogen) atoms. The Morgan fingerprint density at radius 1 is 1.10 bits per heavy atom. The number of carbonyl (C=O) groups excluding carboxylic acids is 1. The first-order chi connectivity index (χ1) is 14.3. The van der Waals surface area contributed by atoms with Crippen LogP contribution in [0.2, 0.25) is 0 Å². The van der Waals surface area contributed by atoms with Crippen LogP contribution in [0, 0.1) is 0 Å². The fraction of sp³-hybridized carbons (Fsp3) is 0.565. The van der Waals surface area contributed by atoms with Crippen LogP contribution in [0.1, 0.15) is 36.2 Å². The van der Waals surface area contributed by atoms with Gasteiger partial charge in [0.05, 0.1) is 31.8 Å². The molecule has 2 aliphatic heterocycles. The molecule has 2 aromatic rings. The third-order valence-corrected chi connectivity index (χ3v) is 6.96. The van der Waals surface area contributed by atoms with E-state index in [1.54, 1.807) is 0 Å². The van der Waals surface area contributed by atoms with Gasteiger partial charge in [0, 0.05) is 38.3 Å². The van der Waals surface area contributed by atoms with Gasteiger partial charge in [-0.2, -0.15) is 0 Å². The molecule has 1 saturated heterocycles. The van der Waals surface area contributed by atoms with E-state index >= 15 is 0 Å². The van der Waals surface area contributed by atoms with Crippen LogP contribution in [-0.4, -0.2) is 63.6 Å². The number of aryl methyl sites for hydroxylation is 2. The molecule has 1 aromatic heterocycles. The summed E-state index contributed by atoms with van der Waals surface area (Å²) in [4.78, 5) is 22.7. The molecule has 1 amide bonds. The maximum Gasteiger partial charge on any atom is 0.243 e. The highest BCUT2D eigenvalue weighted by Crippen LogP contribution is 2.40. The van der Waals surface area contributed by atoms with Crippen LogP contribution in [0.4, 0.5) is 0 Å². The van der Waals surface area contributed by atoms with E-state index in [4.69, 9.17) is 4.74 Å². The average molecular weight is 395 g/mol. The number of imidazole rings is 1. The molecule has 1 aromatic carbocycles. The van der Waals surface area contributed by atoms with Crippen LogP contribution in [0.25, 0.3) is 0 Å². The van der Waals surface area contributed by atoms with Crippen LogP contribution >= 0.6 is 0 Å². The predicted molar refractivity (Wildman–Crippen MR) is 110 cm³/mol. The van der Waals surface area contributed by atoms with Gasteiger partial charge >= 0.3 is 0 Å². The van der Waals surface area contributed by atoms with Gasteiger partial charge in [-0.25, -0.2) is 4.98 Å². The van der Waals surface area contributed by atoms with Gasteiger partial charge in [-0.1, -0.05) is 30.3 Å². The lowest BCUT2D eigenvalue weighted by Gasteiger charge is -2.52. The summed E-state index contributed by atoms with van der Waals surface area (Å²) in [5.74, 6) is 0.315. The first-order valence-corrected chi connectivity index (χ1v) is 11.0. The molecule has 0 bridgehead atoms. The van der Waals surface area contributed by atoms with Gasteiger partial charge in [0.15, 0.2) is 0 Å². The van der Waals surface area contributed by atoms with Crippen molar-refractivity contribution in [1.82, 2.24) is 19.4 Å². The second-order valence-electron chi connectivity index (χ2n) is 8.53. The minimum atomic E-state index is -0.281. The van der Waals surface area contributed by atoms with Crippen molar-refractivity contribution in [2.24, 2.45) is 0 Å². The molecule has 3 aliphatic rings. The smallest absolute Gasteiger partial charge is 0.243 e. The normalized spacial score (nSPS) is 21.4. The van der Waals surface area contributed by atoms with E-state index in [9.17, 15) is 4.79 Å². The number of morpholine rings is 1. The zero-order chi connectivity index (χ0) is 19.7. The standard InChI is InChI=1S/C23H30N4O2/c28-22(23(9-4-10-23)27-13-15-29-16-14-27)25-12-8-21-20(17-25)24-18-26(21)11-7-19-5-2-1-3-6-19/h1-3,5-6,18H,4,7-17H2. The Morgan fingerprint density at radius 3 is 2.62 bits per heavy atom. The van der Waals surface area contributed by atoms with Gasteiger partial charge in [0.2, 0.25) is 5.91 Å². The van der Waals surface area contributed by atoms with Crippen molar-refractivity contribution in [3.8, 4) is 0 Å². The van der Waals surface area contributed by atoms with E-state index in [0.717, 1.165) is 77.2 Å². The summed E-state index contributed by atoms with van der Waals surface area (Å²) in [7, 11) is 0. The number of benzene rings is 1. The van der Waals surface area contributed by atoms with E-state index < -0.39 is 0 Å². The number of aromatic nitrogens is 2. The van der Waals surface area contributed by atoms with E-state index in [2.05, 4.69) is 49.7 Å². The monoisotopic (exact) mass is 394 g/mol. The lowest BCUT2D eigenvalue weighted by atomic mass is 9.73. The van der Waals surface area contributed by atoms with Gasteiger partial charge < -0.3 is 14.2 Å². The van der Waals surface area contributed by atoms with E-state index in [1.165, 1.54) is 11.3 Å². The van der Waals surface area contributed by atoms with Gasteiger partial charge in [0.1, 0.15) is 5.54 Å². The first-order valence-electron chi connectivity index (χ1n) is 11.0. The number of carbonyl (C=O) groups is 1. The number of hydrogen-bond donors (Lipinski definition) is 0. The number of ether oxygens (including phenoxy) is 1. The topological polar surface area (TPSA) is 50.6 Å². The maximum absolute atomic E-state index is 13.5. The molecule has 2 fully saturated rings. The number of hydrogen-bond acceptors (Lipinski definition) is 4. The quantitative estimate of drug-likeness (QED) is 0.781. The van der Waals surface area contributed by atoms with Gasteiger partial charge in [-0.15, -0.1) is 0 Å². The zero-order valence-electron chi connectivity index (χ0n) is 17.1. The first kappa shape index (κ1) is 18.8. The number of fused-ring (bicyclic) bond motifs is 1. The van der Waals surface area contributed by atoms with Crippen molar-refractivity contribution in [1.29, 1.82) is 0 Å². The summed E-state index contributed by atoms with van der Waals surface area (Å²) in [6.45, 7) is 5.62. The largest absolute Gasteiger partial charge is 0.379 e. The molecule has 154 valence electrons. The van der Waals surface area contributed by atoms with Crippen molar-refractivity contribution in [3.05, 3.63) is 53.6 Å². The van der Waals surface area contributed by atoms with Crippen molar-refractivity contribution >= 4 is 5.91 Å². The predicted octanol–water partition coefficient (Wildman–Crippen LogP) is 2.27. The van der Waals surface area contributed by atoms with Crippen molar-refractivity contribution in [3.63, 3.8) is 0 Å². The fourth-order valence-electron chi connectivity index (χ4n) is 5.09. The fourth-order valence-corrected chi connectivity index (χ4v) is 5.09. The Labute approximate surface area is 172 Å². The molecule has 1 saturated carbocycles. The number of rotatable bonds is 5. The number of nitrogens with zero attached hydrogens (tertiary/aromatic N) is 4. The molecule has 1 aliphatic carbocycles. The Morgan fingerprint density at radius 2 is 1.90 bits per heavy atom. The Bertz CT molecular complexity index is 853. The SMILES string of the molecule is O=C(N1CCc2c(ncn2CCc2ccccc2)C1)C1(N2CCOCC2)CCC1. The van der Waals surface area contributed by atoms with E-state index in [1.807, 2.05) is 6.33 Å². The molecule has 0 radical (unpaired) electrons. The summed E-state index contributed by atoms with van der Waals surface area (Å²) in [5, 5.41) is 0. The van der Waals surface area contributed by atoms with E-state index in [-0.39, 0.29) is 5.54 Å². The Balaban J connectivity index is 1.26. The molecule has 5 rings (SSSR count). The van der Waals surface area contributed by atoms with Crippen LogP contribution < -0.4 is 0 Å². The Hall–Kier alpha value is -2.18. The highest BCUT2D eigenvalue weighted by Gasteiger charge is 2.51. The third kappa shape index (κ3) is 3.49. The molecule has 0 N–H and O–H groups in total. The van der Waals surface area contributed by atoms with Crippen molar-refractivity contribution in [2.45, 2.75) is 50.7 Å². The van der Waals surface area contributed by atoms with Crippen molar-refractivity contribution < 1.29 is 9.53 Å². The highest BCUT2D eigenvalue weighted by molar-refractivity contribution is 5.87. The lowest BCUT2D eigenvalue weighted by molar-refractivity contribution is -0.157. The molecule has 0 spiro atoms. The molecule has 0 unspecified atom stereocenters. The minimum absolute atomic E-state index is 0.281. The molecule has 0 atom stereocenters. The van der Waals surface area contributed by atoms with Gasteiger partial charge in [-0.05, 0) is 31.2 Å². The van der Waals surface area contributed by atoms with Crippen LogP contribution in [0.5, 0.6) is 0 Å². The minimum Gasteiger partial charge on any atom is -0.379 e. The van der Waals surface area contributed by atoms with Gasteiger partial charge in [0.25, 0.3) is 0 Å². The summed E-state index contributed by atoms with van der Waals surface area (Å²) >= 11 is 0. The van der Waals surface area contributed by atoms with Gasteiger partial charge in [-0.3, -0.25) is 9.69 Å². The number of amides is 1. The highest BCUT2D eigenvalue weighted by atomic mass is 16.5. The summed E-state index contributed by atoms with van der Waals surface area (Å²) in [6.07, 6.45) is 6.99. The van der Waals surface area contributed by atoms with Crippen LogP contribution in [-0.2, 0) is 35.5 Å². The average Bonchev–Trinajstić information content (AvgIpc) is 3.15. The maximum atomic E-state index is 13.5. The zero-order valence-corrected chi connectivity index (χ0v) is 17.1. The second-order valence-corrected chi connectivity index (χ2v) is 8.53. The summed E-state index contributed by atoms with van der Waals surface area (Å²) in [5.41, 5.74) is 3.45. The molecular formula is C23H30N4O2. The molecular weight excluding hydrogens is 364 g/mol. The lowest BCUT2D eigenvalue weighted by Crippen LogP contribution is -2.65. The van der Waals surface area contributed by atoms with Crippen LogP contribution in [0.15, 0.2) is 36.7 Å². The second kappa shape index (κ2) is 7.92. The molecule has 3 heterocycles.